The van der Waals surface area contributed by atoms with Crippen molar-refractivity contribution < 1.29 is 39.2 Å². The number of carboxylic acid groups (broad SMARTS) is 1. The van der Waals surface area contributed by atoms with E-state index >= 15 is 0 Å². The van der Waals surface area contributed by atoms with Crippen LogP contribution in [0.2, 0.25) is 0 Å². The van der Waals surface area contributed by atoms with Gasteiger partial charge in [0, 0.05) is 16.7 Å². The number of rotatable bonds is 6. The number of esters is 1. The highest BCUT2D eigenvalue weighted by molar-refractivity contribution is 6.01. The maximum atomic E-state index is 13.1. The standard InChI is InChI=1S/C26H34O8/c1-14-10-16-17-7-9-26(33,20(29)13-34-22(32)5-4-21(30)31)25(17,3)12-19(28)23(16)24(2)8-6-15(27)11-18(14)24/h6,8,11,14,16-17,19,23,28,33H,4-5,7,9-10,12-13H2,1-3H3,(H,30,31)/t14-,16+,17+,19-,23+,24+,25+,26-/m0/s1. The molecule has 8 nitrogen and oxygen atoms in total. The van der Waals surface area contributed by atoms with Gasteiger partial charge in [-0.05, 0) is 55.6 Å². The summed E-state index contributed by atoms with van der Waals surface area (Å²) in [5.74, 6) is -2.51. The Bertz CT molecular complexity index is 981. The number of fused-ring (bicyclic) bond motifs is 5. The average Bonchev–Trinajstić information content (AvgIpc) is 3.03. The molecule has 3 saturated carbocycles. The SMILES string of the molecule is C[C@H]1C[C@H]2[C@H]([C@@H](O)C[C@]3(C)[C@@H]2CC[C@]3(O)C(=O)COC(=O)CCC(=O)O)[C@]2(C)C=CC(=O)C=C12. The first kappa shape index (κ1) is 24.8. The molecule has 3 N–H and O–H groups in total. The lowest BCUT2D eigenvalue weighted by Gasteiger charge is -2.60. The van der Waals surface area contributed by atoms with Gasteiger partial charge in [-0.2, -0.15) is 0 Å². The molecule has 4 aliphatic rings. The molecule has 0 aromatic carbocycles. The molecule has 8 atom stereocenters. The van der Waals surface area contributed by atoms with Crippen LogP contribution < -0.4 is 0 Å². The number of ketones is 2. The number of hydrogen-bond donors (Lipinski definition) is 3. The number of aliphatic hydroxyl groups excluding tert-OH is 1. The summed E-state index contributed by atoms with van der Waals surface area (Å²) in [5.41, 5.74) is -2.04. The number of carboxylic acids is 1. The Hall–Kier alpha value is -2.32. The second-order valence-corrected chi connectivity index (χ2v) is 11.1. The van der Waals surface area contributed by atoms with Crippen LogP contribution in [0.4, 0.5) is 0 Å². The van der Waals surface area contributed by atoms with E-state index in [4.69, 9.17) is 9.84 Å². The maximum Gasteiger partial charge on any atom is 0.306 e. The van der Waals surface area contributed by atoms with Gasteiger partial charge in [-0.3, -0.25) is 19.2 Å². The first-order valence-electron chi connectivity index (χ1n) is 12.1. The summed E-state index contributed by atoms with van der Waals surface area (Å²) in [7, 11) is 0. The number of allylic oxidation sites excluding steroid dienone is 4. The summed E-state index contributed by atoms with van der Waals surface area (Å²) < 4.78 is 4.98. The second-order valence-electron chi connectivity index (χ2n) is 11.1. The zero-order valence-corrected chi connectivity index (χ0v) is 20.0. The quantitative estimate of drug-likeness (QED) is 0.498. The number of carbonyl (C=O) groups is 4. The van der Waals surface area contributed by atoms with Crippen molar-refractivity contribution in [1.82, 2.24) is 0 Å². The van der Waals surface area contributed by atoms with Gasteiger partial charge in [-0.25, -0.2) is 0 Å². The normalized spacial score (nSPS) is 42.8. The minimum atomic E-state index is -1.74. The fraction of sp³-hybridized carbons (Fsp3) is 0.692. The zero-order chi connectivity index (χ0) is 25.1. The highest BCUT2D eigenvalue weighted by Gasteiger charge is 2.68. The molecule has 0 radical (unpaired) electrons. The third kappa shape index (κ3) is 3.66. The molecule has 0 saturated heterocycles. The highest BCUT2D eigenvalue weighted by atomic mass is 16.5. The molecule has 0 amide bonds. The summed E-state index contributed by atoms with van der Waals surface area (Å²) in [6.07, 6.45) is 5.52. The highest BCUT2D eigenvalue weighted by Crippen LogP contribution is 2.67. The largest absolute Gasteiger partial charge is 0.481 e. The van der Waals surface area contributed by atoms with Gasteiger partial charge in [0.25, 0.3) is 0 Å². The van der Waals surface area contributed by atoms with E-state index in [0.29, 0.717) is 6.42 Å². The Morgan fingerprint density at radius 1 is 1.21 bits per heavy atom. The lowest BCUT2D eigenvalue weighted by molar-refractivity contribution is -0.182. The number of Topliss-reactive ketones (excluding diaryl/α,β-unsaturated/α-hetero) is 1. The van der Waals surface area contributed by atoms with Crippen molar-refractivity contribution in [1.29, 1.82) is 0 Å². The van der Waals surface area contributed by atoms with E-state index in [-0.39, 0.29) is 55.1 Å². The number of ether oxygens (including phenoxy) is 1. The fourth-order valence-corrected chi connectivity index (χ4v) is 7.76. The van der Waals surface area contributed by atoms with E-state index in [9.17, 15) is 29.4 Å². The Morgan fingerprint density at radius 3 is 2.59 bits per heavy atom. The average molecular weight is 475 g/mol. The number of aliphatic hydroxyl groups is 2. The summed E-state index contributed by atoms with van der Waals surface area (Å²) in [6, 6.07) is 0. The van der Waals surface area contributed by atoms with Gasteiger partial charge in [-0.15, -0.1) is 0 Å². The predicted molar refractivity (Wildman–Crippen MR) is 120 cm³/mol. The van der Waals surface area contributed by atoms with Gasteiger partial charge in [0.2, 0.25) is 5.78 Å². The summed E-state index contributed by atoms with van der Waals surface area (Å²) >= 11 is 0. The molecule has 34 heavy (non-hydrogen) atoms. The summed E-state index contributed by atoms with van der Waals surface area (Å²) in [5, 5.41) is 31.7. The first-order chi connectivity index (χ1) is 15.8. The van der Waals surface area contributed by atoms with E-state index in [1.807, 2.05) is 13.0 Å². The van der Waals surface area contributed by atoms with Crippen LogP contribution >= 0.6 is 0 Å². The van der Waals surface area contributed by atoms with E-state index in [2.05, 4.69) is 13.8 Å². The van der Waals surface area contributed by atoms with Gasteiger partial charge >= 0.3 is 11.9 Å². The minimum absolute atomic E-state index is 0.00980. The molecule has 0 spiro atoms. The molecule has 0 aromatic heterocycles. The molecule has 0 aliphatic heterocycles. The lowest BCUT2D eigenvalue weighted by atomic mass is 9.45. The molecule has 186 valence electrons. The predicted octanol–water partition coefficient (Wildman–Crippen LogP) is 2.22. The van der Waals surface area contributed by atoms with Crippen molar-refractivity contribution in [2.24, 2.45) is 34.5 Å². The Balaban J connectivity index is 1.56. The van der Waals surface area contributed by atoms with Crippen LogP contribution in [0.25, 0.3) is 0 Å². The van der Waals surface area contributed by atoms with Gasteiger partial charge in [0.05, 0.1) is 18.9 Å². The number of carbonyl (C=O) groups excluding carboxylic acids is 3. The Morgan fingerprint density at radius 2 is 1.91 bits per heavy atom. The second kappa shape index (κ2) is 8.41. The van der Waals surface area contributed by atoms with E-state index in [1.54, 1.807) is 12.2 Å². The van der Waals surface area contributed by atoms with E-state index in [1.165, 1.54) is 0 Å². The molecule has 0 unspecified atom stereocenters. The molecule has 4 aliphatic carbocycles. The van der Waals surface area contributed by atoms with Crippen molar-refractivity contribution in [3.8, 4) is 0 Å². The molecule has 8 heteroatoms. The zero-order valence-electron chi connectivity index (χ0n) is 20.0. The van der Waals surface area contributed by atoms with E-state index < -0.39 is 46.9 Å². The van der Waals surface area contributed by atoms with Crippen LogP contribution in [0.3, 0.4) is 0 Å². The van der Waals surface area contributed by atoms with Gasteiger partial charge < -0.3 is 20.1 Å². The van der Waals surface area contributed by atoms with Crippen molar-refractivity contribution in [2.75, 3.05) is 6.61 Å². The van der Waals surface area contributed by atoms with Crippen molar-refractivity contribution in [2.45, 2.75) is 71.0 Å². The maximum absolute atomic E-state index is 13.1. The smallest absolute Gasteiger partial charge is 0.306 e. The van der Waals surface area contributed by atoms with Crippen molar-refractivity contribution >= 4 is 23.5 Å². The molecule has 3 fully saturated rings. The lowest BCUT2D eigenvalue weighted by Crippen LogP contribution is -2.62. The molecular formula is C26H34O8. The van der Waals surface area contributed by atoms with Gasteiger partial charge in [-0.1, -0.05) is 32.4 Å². The number of aliphatic carboxylic acids is 1. The summed E-state index contributed by atoms with van der Waals surface area (Å²) in [4.78, 5) is 47.7. The van der Waals surface area contributed by atoms with Gasteiger partial charge in [0.1, 0.15) is 5.60 Å². The van der Waals surface area contributed by atoms with Gasteiger partial charge in [0.15, 0.2) is 12.4 Å². The van der Waals surface area contributed by atoms with Crippen molar-refractivity contribution in [3.63, 3.8) is 0 Å². The Labute approximate surface area is 199 Å². The third-order valence-electron chi connectivity index (χ3n) is 9.34. The molecule has 4 rings (SSSR count). The minimum Gasteiger partial charge on any atom is -0.481 e. The molecular weight excluding hydrogens is 440 g/mol. The van der Waals surface area contributed by atoms with Crippen molar-refractivity contribution in [3.05, 3.63) is 23.8 Å². The Kier molecular flexibility index (Phi) is 6.13. The van der Waals surface area contributed by atoms with Crippen LogP contribution in [-0.2, 0) is 23.9 Å². The monoisotopic (exact) mass is 474 g/mol. The third-order valence-corrected chi connectivity index (χ3v) is 9.34. The molecule has 0 aromatic rings. The number of hydrogen-bond acceptors (Lipinski definition) is 7. The van der Waals surface area contributed by atoms with Crippen LogP contribution in [0.1, 0.15) is 59.3 Å². The molecule has 0 bridgehead atoms. The first-order valence-corrected chi connectivity index (χ1v) is 12.1. The van der Waals surface area contributed by atoms with Crippen LogP contribution in [0.15, 0.2) is 23.8 Å². The van der Waals surface area contributed by atoms with E-state index in [0.717, 1.165) is 12.0 Å². The van der Waals surface area contributed by atoms with Crippen LogP contribution in [0, 0.1) is 34.5 Å². The molecule has 0 heterocycles. The van der Waals surface area contributed by atoms with Crippen LogP contribution in [0.5, 0.6) is 0 Å². The topological polar surface area (TPSA) is 138 Å². The van der Waals surface area contributed by atoms with Crippen LogP contribution in [-0.4, -0.2) is 57.1 Å². The summed E-state index contributed by atoms with van der Waals surface area (Å²) in [6.45, 7) is 5.40. The fourth-order valence-electron chi connectivity index (χ4n) is 7.76.